The molecule has 1 rings (SSSR count). The van der Waals surface area contributed by atoms with Gasteiger partial charge in [-0.1, -0.05) is 0 Å². The molecule has 0 unspecified atom stereocenters. The van der Waals surface area contributed by atoms with Crippen LogP contribution in [0.5, 0.6) is 5.88 Å². The van der Waals surface area contributed by atoms with Gasteiger partial charge in [0.05, 0.1) is 6.20 Å². The van der Waals surface area contributed by atoms with Gasteiger partial charge in [-0.05, 0) is 0 Å². The molecule has 0 fully saturated rings. The zero-order chi connectivity index (χ0) is 8.43. The molecule has 7 heteroatoms. The Morgan fingerprint density at radius 1 is 1.82 bits per heavy atom. The first-order chi connectivity index (χ1) is 5.11. The summed E-state index contributed by atoms with van der Waals surface area (Å²) in [7, 11) is 0. The van der Waals surface area contributed by atoms with E-state index in [1.54, 1.807) is 0 Å². The third-order valence-electron chi connectivity index (χ3n) is 0.979. The highest BCUT2D eigenvalue weighted by molar-refractivity contribution is 5.79. The van der Waals surface area contributed by atoms with E-state index in [4.69, 9.17) is 5.11 Å². The van der Waals surface area contributed by atoms with E-state index in [0.717, 1.165) is 6.20 Å². The standard InChI is InChI=1S/C4H6N4O3/c5-3(10)7-8-2(9)1-6-4(8)11/h1,9H,(H,6,11)(H3,5,7,10). The van der Waals surface area contributed by atoms with E-state index in [9.17, 15) is 9.59 Å². The Bertz CT molecular complexity index is 324. The summed E-state index contributed by atoms with van der Waals surface area (Å²) in [4.78, 5) is 23.0. The minimum absolute atomic E-state index is 0.409. The van der Waals surface area contributed by atoms with Crippen LogP contribution in [-0.4, -0.2) is 20.8 Å². The molecule has 0 aliphatic heterocycles. The number of nitrogens with zero attached hydrogens (tertiary/aromatic N) is 1. The van der Waals surface area contributed by atoms with E-state index in [1.807, 2.05) is 5.43 Å². The van der Waals surface area contributed by atoms with Crippen LogP contribution in [0.15, 0.2) is 11.0 Å². The van der Waals surface area contributed by atoms with E-state index < -0.39 is 17.6 Å². The van der Waals surface area contributed by atoms with Gasteiger partial charge >= 0.3 is 11.7 Å². The van der Waals surface area contributed by atoms with Crippen LogP contribution in [0, 0.1) is 0 Å². The summed E-state index contributed by atoms with van der Waals surface area (Å²) in [5.41, 5.74) is 5.90. The SMILES string of the molecule is NC(=O)Nn1c(O)c[nH]c1=O. The summed E-state index contributed by atoms with van der Waals surface area (Å²) in [5.74, 6) is -0.409. The van der Waals surface area contributed by atoms with Crippen LogP contribution < -0.4 is 16.8 Å². The van der Waals surface area contributed by atoms with Crippen molar-refractivity contribution in [1.29, 1.82) is 0 Å². The molecule has 0 saturated heterocycles. The molecular weight excluding hydrogens is 152 g/mol. The molecule has 1 aromatic rings. The van der Waals surface area contributed by atoms with Crippen molar-refractivity contribution in [1.82, 2.24) is 9.66 Å². The lowest BCUT2D eigenvalue weighted by Gasteiger charge is -1.99. The average molecular weight is 158 g/mol. The molecule has 7 nitrogen and oxygen atoms in total. The zero-order valence-corrected chi connectivity index (χ0v) is 5.37. The molecule has 0 spiro atoms. The molecular formula is C4H6N4O3. The fraction of sp³-hybridized carbons (Fsp3) is 0. The average Bonchev–Trinajstić information content (AvgIpc) is 2.18. The topological polar surface area (TPSA) is 113 Å². The third-order valence-corrected chi connectivity index (χ3v) is 0.979. The van der Waals surface area contributed by atoms with Gasteiger partial charge in [0.25, 0.3) is 0 Å². The van der Waals surface area contributed by atoms with Crippen molar-refractivity contribution < 1.29 is 9.90 Å². The Balaban J connectivity index is 3.01. The van der Waals surface area contributed by atoms with Gasteiger partial charge < -0.3 is 15.8 Å². The maximum Gasteiger partial charge on any atom is 0.347 e. The number of carbonyl (C=O) groups is 1. The molecule has 2 amide bonds. The number of carbonyl (C=O) groups excluding carboxylic acids is 1. The van der Waals surface area contributed by atoms with Gasteiger partial charge in [0.1, 0.15) is 0 Å². The molecule has 0 saturated carbocycles. The van der Waals surface area contributed by atoms with Crippen molar-refractivity contribution in [3.63, 3.8) is 0 Å². The highest BCUT2D eigenvalue weighted by Gasteiger charge is 2.04. The van der Waals surface area contributed by atoms with Gasteiger partial charge in [-0.3, -0.25) is 0 Å². The summed E-state index contributed by atoms with van der Waals surface area (Å²) < 4.78 is 0.586. The number of H-pyrrole nitrogens is 1. The number of hydrogen-bond acceptors (Lipinski definition) is 3. The third kappa shape index (κ3) is 1.31. The van der Waals surface area contributed by atoms with Crippen LogP contribution in [0.2, 0.25) is 0 Å². The van der Waals surface area contributed by atoms with Crippen LogP contribution >= 0.6 is 0 Å². The maximum absolute atomic E-state index is 10.7. The monoisotopic (exact) mass is 158 g/mol. The van der Waals surface area contributed by atoms with Gasteiger partial charge in [0.15, 0.2) is 0 Å². The van der Waals surface area contributed by atoms with Crippen LogP contribution in [-0.2, 0) is 0 Å². The fourth-order valence-corrected chi connectivity index (χ4v) is 0.578. The van der Waals surface area contributed by atoms with Crippen molar-refractivity contribution in [2.75, 3.05) is 5.43 Å². The molecule has 0 aliphatic rings. The number of nitrogens with one attached hydrogen (secondary N) is 2. The molecule has 0 aliphatic carbocycles. The minimum Gasteiger partial charge on any atom is -0.492 e. The van der Waals surface area contributed by atoms with Gasteiger partial charge in [-0.25, -0.2) is 15.0 Å². The summed E-state index contributed by atoms with van der Waals surface area (Å²) in [6.45, 7) is 0. The van der Waals surface area contributed by atoms with Crippen molar-refractivity contribution in [3.05, 3.63) is 16.7 Å². The van der Waals surface area contributed by atoms with E-state index >= 15 is 0 Å². The van der Waals surface area contributed by atoms with E-state index in [0.29, 0.717) is 4.68 Å². The van der Waals surface area contributed by atoms with E-state index in [1.165, 1.54) is 0 Å². The number of imidazole rings is 1. The zero-order valence-electron chi connectivity index (χ0n) is 5.37. The maximum atomic E-state index is 10.7. The number of urea groups is 1. The quantitative estimate of drug-likeness (QED) is 0.399. The first-order valence-corrected chi connectivity index (χ1v) is 2.67. The van der Waals surface area contributed by atoms with Crippen LogP contribution in [0.25, 0.3) is 0 Å². The van der Waals surface area contributed by atoms with Crippen LogP contribution in [0.1, 0.15) is 0 Å². The molecule has 11 heavy (non-hydrogen) atoms. The van der Waals surface area contributed by atoms with Crippen LogP contribution in [0.3, 0.4) is 0 Å². The first-order valence-electron chi connectivity index (χ1n) is 2.67. The Morgan fingerprint density at radius 3 is 2.82 bits per heavy atom. The highest BCUT2D eigenvalue weighted by Crippen LogP contribution is 1.97. The van der Waals surface area contributed by atoms with Gasteiger partial charge in [-0.15, -0.1) is 0 Å². The number of hydrogen-bond donors (Lipinski definition) is 4. The fourth-order valence-electron chi connectivity index (χ4n) is 0.578. The van der Waals surface area contributed by atoms with Gasteiger partial charge in [-0.2, -0.15) is 4.68 Å². The van der Waals surface area contributed by atoms with Crippen molar-refractivity contribution in [2.45, 2.75) is 0 Å². The molecule has 0 radical (unpaired) electrons. The van der Waals surface area contributed by atoms with Gasteiger partial charge in [0.2, 0.25) is 5.88 Å². The lowest BCUT2D eigenvalue weighted by Crippen LogP contribution is -2.34. The number of amides is 2. The largest absolute Gasteiger partial charge is 0.492 e. The number of aromatic amines is 1. The predicted octanol–water partition coefficient (Wildman–Crippen LogP) is -1.50. The molecule has 60 valence electrons. The van der Waals surface area contributed by atoms with Crippen LogP contribution in [0.4, 0.5) is 4.79 Å². The summed E-state index contributed by atoms with van der Waals surface area (Å²) in [6, 6.07) is -0.929. The Hall–Kier alpha value is -1.92. The lowest BCUT2D eigenvalue weighted by molar-refractivity contribution is 0.256. The number of aromatic nitrogens is 2. The van der Waals surface area contributed by atoms with E-state index in [2.05, 4.69) is 10.7 Å². The summed E-state index contributed by atoms with van der Waals surface area (Å²) >= 11 is 0. The number of aromatic hydroxyl groups is 1. The molecule has 1 heterocycles. The molecule has 0 aromatic carbocycles. The first kappa shape index (κ1) is 7.19. The Kier molecular flexibility index (Phi) is 1.55. The normalized spacial score (nSPS) is 9.45. The van der Waals surface area contributed by atoms with Crippen molar-refractivity contribution in [3.8, 4) is 5.88 Å². The smallest absolute Gasteiger partial charge is 0.347 e. The summed E-state index contributed by atoms with van der Waals surface area (Å²) in [5, 5.41) is 8.84. The lowest BCUT2D eigenvalue weighted by atomic mass is 10.9. The Morgan fingerprint density at radius 2 is 2.45 bits per heavy atom. The minimum atomic E-state index is -0.929. The highest BCUT2D eigenvalue weighted by atomic mass is 16.3. The predicted molar refractivity (Wildman–Crippen MR) is 35.7 cm³/mol. The molecule has 0 bridgehead atoms. The Labute approximate surface area is 60.4 Å². The second kappa shape index (κ2) is 2.37. The van der Waals surface area contributed by atoms with E-state index in [-0.39, 0.29) is 0 Å². The molecule has 5 N–H and O–H groups in total. The van der Waals surface area contributed by atoms with Gasteiger partial charge in [0, 0.05) is 0 Å². The van der Waals surface area contributed by atoms with Crippen molar-refractivity contribution >= 4 is 6.03 Å². The molecule has 0 atom stereocenters. The second-order valence-corrected chi connectivity index (χ2v) is 1.76. The van der Waals surface area contributed by atoms with Crippen molar-refractivity contribution in [2.24, 2.45) is 5.73 Å². The summed E-state index contributed by atoms with van der Waals surface area (Å²) in [6.07, 6.45) is 1.03. The molecule has 1 aromatic heterocycles. The number of nitrogens with two attached hydrogens (primary N) is 1. The number of rotatable bonds is 1. The second-order valence-electron chi connectivity index (χ2n) is 1.76. The number of primary amides is 1.